The molecule has 1 aliphatic carbocycles. The van der Waals surface area contributed by atoms with Gasteiger partial charge in [0.05, 0.1) is 30.1 Å². The maximum absolute atomic E-state index is 6.68. The summed E-state index contributed by atoms with van der Waals surface area (Å²) in [4.78, 5) is 0. The summed E-state index contributed by atoms with van der Waals surface area (Å²) < 4.78 is 19.2. The molecule has 3 aromatic rings. The van der Waals surface area contributed by atoms with Crippen LogP contribution in [-0.4, -0.2) is 35.8 Å². The average molecular weight is 439 g/mol. The molecule has 1 saturated carbocycles. The van der Waals surface area contributed by atoms with Crippen LogP contribution in [0.1, 0.15) is 25.3 Å². The molecule has 2 aliphatic rings. The molecule has 0 atom stereocenters. The Morgan fingerprint density at radius 3 is 2.48 bits per heavy atom. The van der Waals surface area contributed by atoms with Gasteiger partial charge in [0.2, 0.25) is 0 Å². The standard InChI is InChI=1S/C23H26N4O3S/c24-21-19-9-8-17(30-18-11-28-13-29-12-18)10-20(19)27(16-2-1-3-16)22(21)14-4-6-15(7-5-14)26-23(25)31/h4-10,16,18H,1-3,11-13,24H2,(H3,25,26,31). The number of anilines is 2. The van der Waals surface area contributed by atoms with Gasteiger partial charge in [-0.15, -0.1) is 0 Å². The Labute approximate surface area is 186 Å². The summed E-state index contributed by atoms with van der Waals surface area (Å²) in [5.74, 6) is 0.798. The van der Waals surface area contributed by atoms with Gasteiger partial charge in [-0.25, -0.2) is 0 Å². The highest BCUT2D eigenvalue weighted by Gasteiger charge is 2.27. The Hall–Kier alpha value is -2.81. The molecular formula is C23H26N4O3S. The van der Waals surface area contributed by atoms with E-state index in [1.165, 1.54) is 6.42 Å². The van der Waals surface area contributed by atoms with Crippen molar-refractivity contribution in [2.75, 3.05) is 31.1 Å². The molecule has 0 spiro atoms. The predicted molar refractivity (Wildman–Crippen MR) is 126 cm³/mol. The number of nitrogens with two attached hydrogens (primary N) is 2. The van der Waals surface area contributed by atoms with Gasteiger partial charge < -0.3 is 35.6 Å². The molecule has 1 saturated heterocycles. The molecule has 2 fully saturated rings. The van der Waals surface area contributed by atoms with E-state index in [1.54, 1.807) is 0 Å². The second kappa shape index (κ2) is 8.37. The lowest BCUT2D eigenvalue weighted by atomic mass is 9.92. The molecule has 7 nitrogen and oxygen atoms in total. The lowest BCUT2D eigenvalue weighted by molar-refractivity contribution is -0.143. The van der Waals surface area contributed by atoms with Gasteiger partial charge in [0.1, 0.15) is 18.6 Å². The molecule has 5 rings (SSSR count). The second-order valence-corrected chi connectivity index (χ2v) is 8.50. The third-order valence-corrected chi connectivity index (χ3v) is 6.06. The summed E-state index contributed by atoms with van der Waals surface area (Å²) in [5, 5.41) is 4.25. The van der Waals surface area contributed by atoms with Gasteiger partial charge in [-0.05, 0) is 55.7 Å². The molecular weight excluding hydrogens is 412 g/mol. The molecule has 1 aliphatic heterocycles. The van der Waals surface area contributed by atoms with Crippen LogP contribution in [-0.2, 0) is 9.47 Å². The smallest absolute Gasteiger partial charge is 0.168 e. The largest absolute Gasteiger partial charge is 0.486 e. The maximum atomic E-state index is 6.68. The van der Waals surface area contributed by atoms with Crippen LogP contribution >= 0.6 is 12.2 Å². The monoisotopic (exact) mass is 438 g/mol. The number of nitrogen functional groups attached to an aromatic ring is 1. The van der Waals surface area contributed by atoms with Gasteiger partial charge in [-0.2, -0.15) is 0 Å². The van der Waals surface area contributed by atoms with Crippen molar-refractivity contribution in [3.63, 3.8) is 0 Å². The quantitative estimate of drug-likeness (QED) is 0.518. The summed E-state index contributed by atoms with van der Waals surface area (Å²) in [6.45, 7) is 1.39. The molecule has 1 aromatic heterocycles. The summed E-state index contributed by atoms with van der Waals surface area (Å²) in [7, 11) is 0. The predicted octanol–water partition coefficient (Wildman–Crippen LogP) is 4.02. The number of ether oxygens (including phenoxy) is 3. The van der Waals surface area contributed by atoms with Crippen LogP contribution in [0.5, 0.6) is 5.75 Å². The normalized spacial score (nSPS) is 17.4. The van der Waals surface area contributed by atoms with E-state index in [9.17, 15) is 0 Å². The first-order valence-electron chi connectivity index (χ1n) is 10.5. The first-order chi connectivity index (χ1) is 15.1. The number of aromatic nitrogens is 1. The van der Waals surface area contributed by atoms with Crippen LogP contribution < -0.4 is 21.5 Å². The van der Waals surface area contributed by atoms with Crippen LogP contribution in [0.25, 0.3) is 22.2 Å². The van der Waals surface area contributed by atoms with Gasteiger partial charge in [0, 0.05) is 28.7 Å². The van der Waals surface area contributed by atoms with Crippen molar-refractivity contribution in [1.82, 2.24) is 4.57 Å². The Morgan fingerprint density at radius 2 is 1.84 bits per heavy atom. The fourth-order valence-corrected chi connectivity index (χ4v) is 4.41. The third kappa shape index (κ3) is 3.94. The highest BCUT2D eigenvalue weighted by atomic mass is 32.1. The van der Waals surface area contributed by atoms with Gasteiger partial charge in [-0.1, -0.05) is 12.1 Å². The molecule has 31 heavy (non-hydrogen) atoms. The minimum Gasteiger partial charge on any atom is -0.486 e. The highest BCUT2D eigenvalue weighted by Crippen LogP contribution is 2.45. The summed E-state index contributed by atoms with van der Waals surface area (Å²) >= 11 is 4.93. The van der Waals surface area contributed by atoms with Gasteiger partial charge in [0.15, 0.2) is 5.11 Å². The number of hydrogen-bond donors (Lipinski definition) is 3. The molecule has 5 N–H and O–H groups in total. The molecule has 162 valence electrons. The SMILES string of the molecule is NC(=S)Nc1ccc(-c2c(N)c3ccc(OC4COCOC4)cc3n2C2CCC2)cc1. The number of nitrogens with zero attached hydrogens (tertiary/aromatic N) is 1. The first-order valence-corrected chi connectivity index (χ1v) is 10.9. The second-order valence-electron chi connectivity index (χ2n) is 8.06. The summed E-state index contributed by atoms with van der Waals surface area (Å²) in [6, 6.07) is 14.6. The molecule has 0 unspecified atom stereocenters. The fraction of sp³-hybridized carbons (Fsp3) is 0.348. The number of nitrogens with one attached hydrogen (secondary N) is 1. The number of hydrogen-bond acceptors (Lipinski definition) is 5. The van der Waals surface area contributed by atoms with Crippen LogP contribution in [0.2, 0.25) is 0 Å². The van der Waals surface area contributed by atoms with Crippen molar-refractivity contribution in [3.8, 4) is 17.0 Å². The minimum atomic E-state index is -0.108. The van der Waals surface area contributed by atoms with Crippen molar-refractivity contribution in [2.45, 2.75) is 31.4 Å². The lowest BCUT2D eigenvalue weighted by Gasteiger charge is -2.30. The van der Waals surface area contributed by atoms with E-state index in [-0.39, 0.29) is 11.2 Å². The van der Waals surface area contributed by atoms with Crippen LogP contribution in [0.4, 0.5) is 11.4 Å². The number of benzene rings is 2. The minimum absolute atomic E-state index is 0.108. The van der Waals surface area contributed by atoms with Crippen LogP contribution in [0, 0.1) is 0 Å². The Balaban J connectivity index is 1.55. The number of fused-ring (bicyclic) bond motifs is 1. The summed E-state index contributed by atoms with van der Waals surface area (Å²) in [6.07, 6.45) is 3.41. The fourth-order valence-electron chi connectivity index (χ4n) is 4.29. The highest BCUT2D eigenvalue weighted by molar-refractivity contribution is 7.80. The maximum Gasteiger partial charge on any atom is 0.168 e. The van der Waals surface area contributed by atoms with E-state index in [0.29, 0.717) is 26.0 Å². The summed E-state index contributed by atoms with van der Waals surface area (Å²) in [5.41, 5.74) is 17.1. The van der Waals surface area contributed by atoms with E-state index in [0.717, 1.165) is 52.1 Å². The van der Waals surface area contributed by atoms with Crippen LogP contribution in [0.15, 0.2) is 42.5 Å². The number of thiocarbonyl (C=S) groups is 1. The van der Waals surface area contributed by atoms with Crippen LogP contribution in [0.3, 0.4) is 0 Å². The van der Waals surface area contributed by atoms with Crippen molar-refractivity contribution < 1.29 is 14.2 Å². The molecule has 8 heteroatoms. The van der Waals surface area contributed by atoms with Gasteiger partial charge in [-0.3, -0.25) is 0 Å². The van der Waals surface area contributed by atoms with E-state index < -0.39 is 0 Å². The molecule has 0 radical (unpaired) electrons. The zero-order valence-electron chi connectivity index (χ0n) is 17.2. The van der Waals surface area contributed by atoms with Crippen molar-refractivity contribution in [2.24, 2.45) is 5.73 Å². The molecule has 2 heterocycles. The van der Waals surface area contributed by atoms with Crippen molar-refractivity contribution >= 4 is 39.6 Å². The molecule has 0 amide bonds. The number of rotatable bonds is 5. The molecule has 0 bridgehead atoms. The van der Waals surface area contributed by atoms with Crippen molar-refractivity contribution in [1.29, 1.82) is 0 Å². The first kappa shape index (κ1) is 20.1. The van der Waals surface area contributed by atoms with E-state index in [1.807, 2.05) is 24.3 Å². The Kier molecular flexibility index (Phi) is 5.43. The van der Waals surface area contributed by atoms with Crippen molar-refractivity contribution in [3.05, 3.63) is 42.5 Å². The van der Waals surface area contributed by atoms with Gasteiger partial charge in [0.25, 0.3) is 0 Å². The Bertz CT molecular complexity index is 1100. The average Bonchev–Trinajstić information content (AvgIpc) is 3.00. The topological polar surface area (TPSA) is 96.7 Å². The third-order valence-electron chi connectivity index (χ3n) is 5.96. The van der Waals surface area contributed by atoms with E-state index in [2.05, 4.69) is 28.1 Å². The zero-order chi connectivity index (χ0) is 21.4. The molecule has 2 aromatic carbocycles. The zero-order valence-corrected chi connectivity index (χ0v) is 18.0. The lowest BCUT2D eigenvalue weighted by Crippen LogP contribution is -2.33. The van der Waals surface area contributed by atoms with E-state index in [4.69, 9.17) is 37.9 Å². The van der Waals surface area contributed by atoms with E-state index >= 15 is 0 Å². The Morgan fingerprint density at radius 1 is 1.10 bits per heavy atom. The van der Waals surface area contributed by atoms with Gasteiger partial charge >= 0.3 is 0 Å².